The molecule has 1 aliphatic rings. The summed E-state index contributed by atoms with van der Waals surface area (Å²) >= 11 is 0. The van der Waals surface area contributed by atoms with E-state index in [0.717, 1.165) is 12.8 Å². The lowest BCUT2D eigenvalue weighted by atomic mass is 9.70. The van der Waals surface area contributed by atoms with E-state index in [1.807, 2.05) is 18.2 Å². The molecule has 0 spiro atoms. The first kappa shape index (κ1) is 13.1. The van der Waals surface area contributed by atoms with Gasteiger partial charge < -0.3 is 10.2 Å². The van der Waals surface area contributed by atoms with Gasteiger partial charge in [0.05, 0.1) is 5.60 Å². The highest BCUT2D eigenvalue weighted by molar-refractivity contribution is 5.77. The minimum atomic E-state index is -1.10. The van der Waals surface area contributed by atoms with Crippen LogP contribution in [0.5, 0.6) is 0 Å². The van der Waals surface area contributed by atoms with Crippen LogP contribution in [-0.4, -0.2) is 21.8 Å². The molecule has 3 nitrogen and oxygen atoms in total. The molecule has 0 aromatic heterocycles. The van der Waals surface area contributed by atoms with Crippen LogP contribution in [0.2, 0.25) is 0 Å². The molecule has 1 aliphatic carbocycles. The van der Waals surface area contributed by atoms with E-state index in [-0.39, 0.29) is 0 Å². The SMILES string of the molecule is CC1CCC(O)([C@H](C(=O)O)c2ccccc2)CC1. The number of carbonyl (C=O) groups is 1. The molecule has 2 rings (SSSR count). The maximum absolute atomic E-state index is 11.5. The van der Waals surface area contributed by atoms with Gasteiger partial charge in [-0.2, -0.15) is 0 Å². The van der Waals surface area contributed by atoms with Crippen LogP contribution >= 0.6 is 0 Å². The van der Waals surface area contributed by atoms with E-state index in [1.54, 1.807) is 12.1 Å². The lowest BCUT2D eigenvalue weighted by Gasteiger charge is -2.39. The normalized spacial score (nSPS) is 29.8. The number of carboxylic acid groups (broad SMARTS) is 1. The van der Waals surface area contributed by atoms with Gasteiger partial charge in [0.25, 0.3) is 0 Å². The zero-order valence-electron chi connectivity index (χ0n) is 10.7. The highest BCUT2D eigenvalue weighted by Crippen LogP contribution is 2.41. The Bertz CT molecular complexity index is 405. The highest BCUT2D eigenvalue weighted by Gasteiger charge is 2.44. The van der Waals surface area contributed by atoms with Crippen molar-refractivity contribution in [3.05, 3.63) is 35.9 Å². The maximum Gasteiger partial charge on any atom is 0.313 e. The first-order valence-electron chi connectivity index (χ1n) is 6.53. The molecule has 98 valence electrons. The Kier molecular flexibility index (Phi) is 3.71. The summed E-state index contributed by atoms with van der Waals surface area (Å²) in [5.74, 6) is -1.17. The second-order valence-corrected chi connectivity index (χ2v) is 5.47. The molecule has 18 heavy (non-hydrogen) atoms. The smallest absolute Gasteiger partial charge is 0.313 e. The van der Waals surface area contributed by atoms with Gasteiger partial charge in [-0.25, -0.2) is 0 Å². The van der Waals surface area contributed by atoms with E-state index in [2.05, 4.69) is 6.92 Å². The topological polar surface area (TPSA) is 57.5 Å². The van der Waals surface area contributed by atoms with Gasteiger partial charge in [0.15, 0.2) is 0 Å². The zero-order chi connectivity index (χ0) is 13.2. The quantitative estimate of drug-likeness (QED) is 0.864. The fraction of sp³-hybridized carbons (Fsp3) is 0.533. The van der Waals surface area contributed by atoms with Crippen LogP contribution in [0.15, 0.2) is 30.3 Å². The first-order valence-corrected chi connectivity index (χ1v) is 6.53. The summed E-state index contributed by atoms with van der Waals surface area (Å²) in [5.41, 5.74) is -0.401. The molecule has 1 saturated carbocycles. The Morgan fingerprint density at radius 1 is 1.28 bits per heavy atom. The number of rotatable bonds is 3. The lowest BCUT2D eigenvalue weighted by molar-refractivity contribution is -0.148. The van der Waals surface area contributed by atoms with Gasteiger partial charge in [-0.1, -0.05) is 37.3 Å². The molecule has 1 aromatic rings. The molecule has 2 N–H and O–H groups in total. The van der Waals surface area contributed by atoms with Crippen molar-refractivity contribution < 1.29 is 15.0 Å². The summed E-state index contributed by atoms with van der Waals surface area (Å²) in [6.07, 6.45) is 2.93. The molecule has 1 aromatic carbocycles. The van der Waals surface area contributed by atoms with Gasteiger partial charge in [0.1, 0.15) is 5.92 Å². The Hall–Kier alpha value is -1.35. The summed E-state index contributed by atoms with van der Waals surface area (Å²) in [6.45, 7) is 2.15. The Balaban J connectivity index is 2.28. The van der Waals surface area contributed by atoms with E-state index < -0.39 is 17.5 Å². The third-order valence-electron chi connectivity index (χ3n) is 4.06. The van der Waals surface area contributed by atoms with Crippen LogP contribution in [-0.2, 0) is 4.79 Å². The van der Waals surface area contributed by atoms with Crippen molar-refractivity contribution >= 4 is 5.97 Å². The molecule has 1 atom stereocenters. The molecule has 3 heteroatoms. The summed E-state index contributed by atoms with van der Waals surface area (Å²) in [4.78, 5) is 11.5. The van der Waals surface area contributed by atoms with Gasteiger partial charge in [-0.05, 0) is 37.2 Å². The van der Waals surface area contributed by atoms with E-state index in [1.165, 1.54) is 0 Å². The van der Waals surface area contributed by atoms with Crippen molar-refractivity contribution in [3.63, 3.8) is 0 Å². The molecule has 0 radical (unpaired) electrons. The number of benzene rings is 1. The number of aliphatic carboxylic acids is 1. The second-order valence-electron chi connectivity index (χ2n) is 5.47. The largest absolute Gasteiger partial charge is 0.481 e. The molecule has 1 fully saturated rings. The first-order chi connectivity index (χ1) is 8.53. The zero-order valence-corrected chi connectivity index (χ0v) is 10.7. The highest BCUT2D eigenvalue weighted by atomic mass is 16.4. The van der Waals surface area contributed by atoms with Crippen LogP contribution in [0.4, 0.5) is 0 Å². The predicted molar refractivity (Wildman–Crippen MR) is 69.4 cm³/mol. The maximum atomic E-state index is 11.5. The monoisotopic (exact) mass is 248 g/mol. The van der Waals surface area contributed by atoms with Crippen molar-refractivity contribution in [2.24, 2.45) is 5.92 Å². The minimum absolute atomic E-state index is 0.569. The van der Waals surface area contributed by atoms with Crippen molar-refractivity contribution in [2.45, 2.75) is 44.1 Å². The third-order valence-corrected chi connectivity index (χ3v) is 4.06. The number of hydrogen-bond acceptors (Lipinski definition) is 2. The van der Waals surface area contributed by atoms with Crippen LogP contribution in [0.3, 0.4) is 0 Å². The summed E-state index contributed by atoms with van der Waals surface area (Å²) < 4.78 is 0. The van der Waals surface area contributed by atoms with Crippen LogP contribution in [0.1, 0.15) is 44.1 Å². The van der Waals surface area contributed by atoms with Gasteiger partial charge in [-0.3, -0.25) is 4.79 Å². The standard InChI is InChI=1S/C15H20O3/c1-11-7-9-15(18,10-8-11)13(14(16)17)12-5-3-2-4-6-12/h2-6,11,13,18H,7-10H2,1H3,(H,16,17)/t11?,13-,15?/m0/s1. The molecular formula is C15H20O3. The average Bonchev–Trinajstić information content (AvgIpc) is 2.34. The van der Waals surface area contributed by atoms with Crippen LogP contribution in [0.25, 0.3) is 0 Å². The number of hydrogen-bond donors (Lipinski definition) is 2. The van der Waals surface area contributed by atoms with E-state index in [4.69, 9.17) is 0 Å². The fourth-order valence-corrected chi connectivity index (χ4v) is 2.88. The average molecular weight is 248 g/mol. The van der Waals surface area contributed by atoms with E-state index in [9.17, 15) is 15.0 Å². The van der Waals surface area contributed by atoms with Gasteiger partial charge in [0, 0.05) is 0 Å². The van der Waals surface area contributed by atoms with Crippen molar-refractivity contribution in [1.29, 1.82) is 0 Å². The summed E-state index contributed by atoms with van der Waals surface area (Å²) in [6, 6.07) is 9.07. The molecule has 0 heterocycles. The van der Waals surface area contributed by atoms with Crippen LogP contribution < -0.4 is 0 Å². The van der Waals surface area contributed by atoms with Crippen molar-refractivity contribution in [2.75, 3.05) is 0 Å². The molecule has 0 unspecified atom stereocenters. The molecule has 0 amide bonds. The predicted octanol–water partition coefficient (Wildman–Crippen LogP) is 2.80. The molecule has 0 saturated heterocycles. The van der Waals surface area contributed by atoms with Gasteiger partial charge >= 0.3 is 5.97 Å². The Morgan fingerprint density at radius 3 is 2.33 bits per heavy atom. The van der Waals surface area contributed by atoms with Gasteiger partial charge in [-0.15, -0.1) is 0 Å². The van der Waals surface area contributed by atoms with Crippen LogP contribution in [0, 0.1) is 5.92 Å². The lowest BCUT2D eigenvalue weighted by Crippen LogP contribution is -2.43. The number of aliphatic hydroxyl groups is 1. The van der Waals surface area contributed by atoms with Crippen molar-refractivity contribution in [3.8, 4) is 0 Å². The Labute approximate surface area is 107 Å². The minimum Gasteiger partial charge on any atom is -0.481 e. The van der Waals surface area contributed by atoms with Gasteiger partial charge in [0.2, 0.25) is 0 Å². The molecule has 0 bridgehead atoms. The Morgan fingerprint density at radius 2 is 1.83 bits per heavy atom. The molecule has 0 aliphatic heterocycles. The summed E-state index contributed by atoms with van der Waals surface area (Å²) in [5, 5.41) is 20.1. The molecular weight excluding hydrogens is 228 g/mol. The fourth-order valence-electron chi connectivity index (χ4n) is 2.88. The van der Waals surface area contributed by atoms with E-state index in [0.29, 0.717) is 24.3 Å². The summed E-state index contributed by atoms with van der Waals surface area (Å²) in [7, 11) is 0. The third kappa shape index (κ3) is 2.56. The van der Waals surface area contributed by atoms with Crippen molar-refractivity contribution in [1.82, 2.24) is 0 Å². The second kappa shape index (κ2) is 5.11. The number of carboxylic acids is 1. The van der Waals surface area contributed by atoms with E-state index >= 15 is 0 Å².